The highest BCUT2D eigenvalue weighted by molar-refractivity contribution is 9.10. The number of imide groups is 1. The molecule has 0 radical (unpaired) electrons. The van der Waals surface area contributed by atoms with Gasteiger partial charge in [0.15, 0.2) is 5.88 Å². The molecule has 1 saturated heterocycles. The third-order valence-electron chi connectivity index (χ3n) is 4.97. The van der Waals surface area contributed by atoms with Gasteiger partial charge < -0.3 is 19.9 Å². The van der Waals surface area contributed by atoms with Gasteiger partial charge in [-0.3, -0.25) is 24.5 Å². The van der Waals surface area contributed by atoms with E-state index in [4.69, 9.17) is 4.74 Å². The number of H-pyrrole nitrogens is 1. The van der Waals surface area contributed by atoms with Crippen LogP contribution < -0.4 is 15.4 Å². The number of hydrogen-bond donors (Lipinski definition) is 3. The Morgan fingerprint density at radius 1 is 1.28 bits per heavy atom. The number of carbonyl (C=O) groups excluding carboxylic acids is 4. The summed E-state index contributed by atoms with van der Waals surface area (Å²) in [4.78, 5) is 53.0. The molecule has 10 heteroatoms. The lowest BCUT2D eigenvalue weighted by atomic mass is 10.0. The SMILES string of the molecule is COc1cc(Br)c(C(=O)Nc2ccc3c(c2)CN(C2CCC(=O)NC2=O)C3=O)[nH]1. The molecule has 3 N–H and O–H groups in total. The van der Waals surface area contributed by atoms with Crippen LogP contribution in [0.3, 0.4) is 0 Å². The van der Waals surface area contributed by atoms with Crippen molar-refractivity contribution in [2.75, 3.05) is 12.4 Å². The quantitative estimate of drug-likeness (QED) is 0.600. The Balaban J connectivity index is 1.51. The minimum Gasteiger partial charge on any atom is -0.482 e. The first kappa shape index (κ1) is 19.2. The maximum absolute atomic E-state index is 12.7. The minimum atomic E-state index is -0.673. The van der Waals surface area contributed by atoms with Crippen LogP contribution in [0.5, 0.6) is 5.88 Å². The molecule has 2 aromatic rings. The molecule has 4 amide bonds. The largest absolute Gasteiger partial charge is 0.482 e. The first-order chi connectivity index (χ1) is 13.9. The molecular formula is C19H17BrN4O5. The number of methoxy groups -OCH3 is 1. The van der Waals surface area contributed by atoms with Crippen LogP contribution >= 0.6 is 15.9 Å². The van der Waals surface area contributed by atoms with E-state index < -0.39 is 11.9 Å². The van der Waals surface area contributed by atoms with Crippen LogP contribution in [-0.2, 0) is 16.1 Å². The van der Waals surface area contributed by atoms with Gasteiger partial charge in [-0.1, -0.05) is 0 Å². The van der Waals surface area contributed by atoms with Gasteiger partial charge in [0.1, 0.15) is 11.7 Å². The van der Waals surface area contributed by atoms with Gasteiger partial charge in [0.05, 0.1) is 11.6 Å². The number of anilines is 1. The number of rotatable bonds is 4. The predicted octanol–water partition coefficient (Wildman–Crippen LogP) is 1.80. The number of halogens is 1. The van der Waals surface area contributed by atoms with E-state index in [0.717, 1.165) is 0 Å². The van der Waals surface area contributed by atoms with Gasteiger partial charge in [0, 0.05) is 30.3 Å². The van der Waals surface area contributed by atoms with Gasteiger partial charge in [-0.05, 0) is 46.1 Å². The van der Waals surface area contributed by atoms with E-state index in [1.165, 1.54) is 12.0 Å². The Kier molecular flexibility index (Phi) is 4.87. The van der Waals surface area contributed by atoms with Crippen LogP contribution in [0, 0.1) is 0 Å². The van der Waals surface area contributed by atoms with Crippen molar-refractivity contribution in [3.63, 3.8) is 0 Å². The van der Waals surface area contributed by atoms with Crippen molar-refractivity contribution in [3.8, 4) is 5.88 Å². The third-order valence-corrected chi connectivity index (χ3v) is 5.60. The van der Waals surface area contributed by atoms with Crippen molar-refractivity contribution >= 4 is 45.2 Å². The molecule has 1 aromatic carbocycles. The van der Waals surface area contributed by atoms with Gasteiger partial charge in [-0.2, -0.15) is 0 Å². The first-order valence-electron chi connectivity index (χ1n) is 8.89. The zero-order valence-corrected chi connectivity index (χ0v) is 17.0. The van der Waals surface area contributed by atoms with Gasteiger partial charge in [-0.15, -0.1) is 0 Å². The molecule has 1 fully saturated rings. The van der Waals surface area contributed by atoms with Crippen LogP contribution in [0.15, 0.2) is 28.7 Å². The average Bonchev–Trinajstić information content (AvgIpc) is 3.22. The maximum Gasteiger partial charge on any atom is 0.273 e. The standard InChI is InChI=1S/C19H17BrN4O5/c1-29-15-7-12(20)16(23-15)18(27)21-10-2-3-11-9(6-10)8-24(19(11)28)13-4-5-14(25)22-17(13)26/h2-3,6-7,13,23H,4-5,8H2,1H3,(H,21,27)(H,22,25,26). The normalized spacial score (nSPS) is 18.5. The Bertz CT molecular complexity index is 1050. The lowest BCUT2D eigenvalue weighted by Crippen LogP contribution is -2.52. The highest BCUT2D eigenvalue weighted by Crippen LogP contribution is 2.30. The molecule has 1 unspecified atom stereocenters. The lowest BCUT2D eigenvalue weighted by molar-refractivity contribution is -0.136. The Morgan fingerprint density at radius 3 is 2.76 bits per heavy atom. The maximum atomic E-state index is 12.7. The van der Waals surface area contributed by atoms with Crippen molar-refractivity contribution in [1.29, 1.82) is 0 Å². The second-order valence-electron chi connectivity index (χ2n) is 6.79. The van der Waals surface area contributed by atoms with Crippen LogP contribution in [0.25, 0.3) is 0 Å². The molecule has 1 aromatic heterocycles. The number of benzene rings is 1. The number of nitrogens with zero attached hydrogens (tertiary/aromatic N) is 1. The number of ether oxygens (including phenoxy) is 1. The van der Waals surface area contributed by atoms with Gasteiger partial charge in [-0.25, -0.2) is 0 Å². The fraction of sp³-hybridized carbons (Fsp3) is 0.263. The molecule has 1 atom stereocenters. The first-order valence-corrected chi connectivity index (χ1v) is 9.68. The number of hydrogen-bond acceptors (Lipinski definition) is 5. The third kappa shape index (κ3) is 3.51. The Morgan fingerprint density at radius 2 is 2.07 bits per heavy atom. The summed E-state index contributed by atoms with van der Waals surface area (Å²) in [7, 11) is 1.49. The number of amides is 4. The van der Waals surface area contributed by atoms with E-state index in [0.29, 0.717) is 39.3 Å². The number of carbonyl (C=O) groups is 4. The molecule has 150 valence electrons. The van der Waals surface area contributed by atoms with E-state index in [-0.39, 0.29) is 30.7 Å². The lowest BCUT2D eigenvalue weighted by Gasteiger charge is -2.29. The molecule has 2 aliphatic rings. The van der Waals surface area contributed by atoms with E-state index in [1.54, 1.807) is 24.3 Å². The fourth-order valence-electron chi connectivity index (χ4n) is 3.53. The van der Waals surface area contributed by atoms with Crippen molar-refractivity contribution in [2.24, 2.45) is 0 Å². The second kappa shape index (κ2) is 7.36. The van der Waals surface area contributed by atoms with Gasteiger partial charge >= 0.3 is 0 Å². The minimum absolute atomic E-state index is 0.201. The van der Waals surface area contributed by atoms with Crippen LogP contribution in [0.4, 0.5) is 5.69 Å². The van der Waals surface area contributed by atoms with Crippen LogP contribution in [0.2, 0.25) is 0 Å². The summed E-state index contributed by atoms with van der Waals surface area (Å²) in [6.07, 6.45) is 0.503. The van der Waals surface area contributed by atoms with Gasteiger partial charge in [0.2, 0.25) is 11.8 Å². The summed E-state index contributed by atoms with van der Waals surface area (Å²) >= 11 is 3.31. The fourth-order valence-corrected chi connectivity index (χ4v) is 4.01. The summed E-state index contributed by atoms with van der Waals surface area (Å²) in [5.41, 5.74) is 2.02. The molecular weight excluding hydrogens is 444 g/mol. The smallest absolute Gasteiger partial charge is 0.273 e. The highest BCUT2D eigenvalue weighted by atomic mass is 79.9. The number of fused-ring (bicyclic) bond motifs is 1. The molecule has 0 aliphatic carbocycles. The summed E-state index contributed by atoms with van der Waals surface area (Å²) in [5, 5.41) is 5.05. The second-order valence-corrected chi connectivity index (χ2v) is 7.64. The molecule has 4 rings (SSSR count). The van der Waals surface area contributed by atoms with Crippen molar-refractivity contribution < 1.29 is 23.9 Å². The Hall–Kier alpha value is -3.14. The number of aromatic nitrogens is 1. The van der Waals surface area contributed by atoms with Crippen molar-refractivity contribution in [1.82, 2.24) is 15.2 Å². The topological polar surface area (TPSA) is 121 Å². The molecule has 9 nitrogen and oxygen atoms in total. The van der Waals surface area contributed by atoms with Crippen molar-refractivity contribution in [2.45, 2.75) is 25.4 Å². The summed E-state index contributed by atoms with van der Waals surface area (Å²) < 4.78 is 5.63. The summed E-state index contributed by atoms with van der Waals surface area (Å²) in [6, 6.07) is 5.95. The van der Waals surface area contributed by atoms with Crippen LogP contribution in [-0.4, -0.2) is 46.7 Å². The molecule has 2 aliphatic heterocycles. The number of piperidine rings is 1. The molecule has 0 spiro atoms. The van der Waals surface area contributed by atoms with Crippen LogP contribution in [0.1, 0.15) is 39.3 Å². The number of nitrogens with one attached hydrogen (secondary N) is 3. The average molecular weight is 461 g/mol. The molecule has 29 heavy (non-hydrogen) atoms. The molecule has 0 saturated carbocycles. The van der Waals surface area contributed by atoms with Gasteiger partial charge in [0.25, 0.3) is 11.8 Å². The molecule has 0 bridgehead atoms. The van der Waals surface area contributed by atoms with E-state index in [2.05, 4.69) is 31.5 Å². The van der Waals surface area contributed by atoms with E-state index in [1.807, 2.05) is 0 Å². The van der Waals surface area contributed by atoms with E-state index in [9.17, 15) is 19.2 Å². The van der Waals surface area contributed by atoms with E-state index >= 15 is 0 Å². The molecule has 3 heterocycles. The summed E-state index contributed by atoms with van der Waals surface area (Å²) in [6.45, 7) is 0.240. The Labute approximate surface area is 173 Å². The monoisotopic (exact) mass is 460 g/mol. The summed E-state index contributed by atoms with van der Waals surface area (Å²) in [5.74, 6) is -0.967. The van der Waals surface area contributed by atoms with Crippen molar-refractivity contribution in [3.05, 3.63) is 45.6 Å². The zero-order chi connectivity index (χ0) is 20.7. The highest BCUT2D eigenvalue weighted by Gasteiger charge is 2.39. The predicted molar refractivity (Wildman–Crippen MR) is 105 cm³/mol. The number of aromatic amines is 1. The zero-order valence-electron chi connectivity index (χ0n) is 15.4.